The predicted molar refractivity (Wildman–Crippen MR) is 67.7 cm³/mol. The molecule has 1 aromatic rings. The monoisotopic (exact) mass is 237 g/mol. The van der Waals surface area contributed by atoms with E-state index in [1.54, 1.807) is 0 Å². The Kier molecular flexibility index (Phi) is 4.18. The number of rotatable bonds is 4. The third-order valence-electron chi connectivity index (χ3n) is 3.68. The lowest BCUT2D eigenvalue weighted by Crippen LogP contribution is -2.39. The summed E-state index contributed by atoms with van der Waals surface area (Å²) in [6.07, 6.45) is 4.69. The van der Waals surface area contributed by atoms with Crippen molar-refractivity contribution in [2.24, 2.45) is 7.05 Å². The van der Waals surface area contributed by atoms with Crippen molar-refractivity contribution in [2.75, 3.05) is 13.2 Å². The number of aliphatic hydroxyl groups excluding tert-OH is 1. The molecular weight excluding hydrogens is 214 g/mol. The lowest BCUT2D eigenvalue weighted by molar-refractivity contribution is 0.110. The van der Waals surface area contributed by atoms with Crippen molar-refractivity contribution in [2.45, 2.75) is 45.2 Å². The van der Waals surface area contributed by atoms with Crippen LogP contribution in [-0.4, -0.2) is 39.0 Å². The molecule has 96 valence electrons. The zero-order valence-corrected chi connectivity index (χ0v) is 10.9. The molecule has 0 radical (unpaired) electrons. The lowest BCUT2D eigenvalue weighted by atomic mass is 9.99. The minimum absolute atomic E-state index is 0.297. The van der Waals surface area contributed by atoms with Crippen molar-refractivity contribution in [3.05, 3.63) is 17.5 Å². The van der Waals surface area contributed by atoms with Crippen LogP contribution in [-0.2, 0) is 13.6 Å². The van der Waals surface area contributed by atoms with Crippen LogP contribution in [0.2, 0.25) is 0 Å². The molecule has 1 aliphatic rings. The van der Waals surface area contributed by atoms with E-state index < -0.39 is 0 Å². The second-order valence-electron chi connectivity index (χ2n) is 5.03. The molecule has 1 atom stereocenters. The van der Waals surface area contributed by atoms with Gasteiger partial charge in [-0.25, -0.2) is 0 Å². The van der Waals surface area contributed by atoms with E-state index in [9.17, 15) is 0 Å². The van der Waals surface area contributed by atoms with Gasteiger partial charge in [0.25, 0.3) is 0 Å². The van der Waals surface area contributed by atoms with Gasteiger partial charge in [0.15, 0.2) is 0 Å². The molecule has 0 spiro atoms. The average Bonchev–Trinajstić information content (AvgIpc) is 2.61. The summed E-state index contributed by atoms with van der Waals surface area (Å²) in [5, 5.41) is 13.5. The summed E-state index contributed by atoms with van der Waals surface area (Å²) in [7, 11) is 2.01. The molecule has 2 heterocycles. The Morgan fingerprint density at radius 2 is 2.29 bits per heavy atom. The van der Waals surface area contributed by atoms with Crippen LogP contribution in [0.15, 0.2) is 6.07 Å². The Balaban J connectivity index is 2.02. The first kappa shape index (κ1) is 12.6. The maximum absolute atomic E-state index is 9.12. The van der Waals surface area contributed by atoms with Crippen molar-refractivity contribution in [3.63, 3.8) is 0 Å². The van der Waals surface area contributed by atoms with Crippen molar-refractivity contribution < 1.29 is 5.11 Å². The number of hydrogen-bond donors (Lipinski definition) is 1. The highest BCUT2D eigenvalue weighted by Gasteiger charge is 2.22. The van der Waals surface area contributed by atoms with Crippen LogP contribution in [0, 0.1) is 6.92 Å². The second-order valence-corrected chi connectivity index (χ2v) is 5.03. The van der Waals surface area contributed by atoms with Crippen LogP contribution < -0.4 is 0 Å². The van der Waals surface area contributed by atoms with Gasteiger partial charge in [-0.1, -0.05) is 6.42 Å². The summed E-state index contributed by atoms with van der Waals surface area (Å²) < 4.78 is 1.97. The van der Waals surface area contributed by atoms with Crippen molar-refractivity contribution >= 4 is 0 Å². The fourth-order valence-electron chi connectivity index (χ4n) is 2.76. The molecule has 1 aromatic heterocycles. The molecule has 4 nitrogen and oxygen atoms in total. The number of aliphatic hydroxyl groups is 1. The lowest BCUT2D eigenvalue weighted by Gasteiger charge is -2.35. The number of aromatic nitrogens is 2. The molecule has 17 heavy (non-hydrogen) atoms. The summed E-state index contributed by atoms with van der Waals surface area (Å²) in [5.41, 5.74) is 2.35. The zero-order chi connectivity index (χ0) is 12.3. The summed E-state index contributed by atoms with van der Waals surface area (Å²) in [4.78, 5) is 2.50. The molecule has 1 fully saturated rings. The van der Waals surface area contributed by atoms with E-state index in [0.29, 0.717) is 12.6 Å². The van der Waals surface area contributed by atoms with Gasteiger partial charge < -0.3 is 5.11 Å². The number of nitrogens with zero attached hydrogens (tertiary/aromatic N) is 3. The van der Waals surface area contributed by atoms with Crippen LogP contribution in [0.25, 0.3) is 0 Å². The third kappa shape index (κ3) is 3.07. The summed E-state index contributed by atoms with van der Waals surface area (Å²) in [6, 6.07) is 2.70. The van der Waals surface area contributed by atoms with Gasteiger partial charge in [-0.2, -0.15) is 5.10 Å². The Morgan fingerprint density at radius 1 is 1.47 bits per heavy atom. The van der Waals surface area contributed by atoms with Gasteiger partial charge in [-0.15, -0.1) is 0 Å². The Hall–Kier alpha value is -0.870. The highest BCUT2D eigenvalue weighted by Crippen LogP contribution is 2.21. The zero-order valence-electron chi connectivity index (χ0n) is 10.9. The van der Waals surface area contributed by atoms with E-state index >= 15 is 0 Å². The van der Waals surface area contributed by atoms with Gasteiger partial charge in [0.05, 0.1) is 11.4 Å². The van der Waals surface area contributed by atoms with Crippen LogP contribution in [0.5, 0.6) is 0 Å². The van der Waals surface area contributed by atoms with Crippen LogP contribution in [0.4, 0.5) is 0 Å². The van der Waals surface area contributed by atoms with Gasteiger partial charge in [0.1, 0.15) is 0 Å². The largest absolute Gasteiger partial charge is 0.396 e. The van der Waals surface area contributed by atoms with E-state index in [0.717, 1.165) is 25.2 Å². The molecule has 0 saturated carbocycles. The molecule has 2 rings (SSSR count). The van der Waals surface area contributed by atoms with E-state index in [4.69, 9.17) is 5.11 Å². The standard InChI is InChI=1S/C13H23N3O/c1-11-9-13(15(2)14-11)10-16-7-4-3-5-12(16)6-8-17/h9,12,17H,3-8,10H2,1-2H3. The van der Waals surface area contributed by atoms with Crippen LogP contribution >= 0.6 is 0 Å². The normalized spacial score (nSPS) is 21.9. The quantitative estimate of drug-likeness (QED) is 0.862. The Bertz CT molecular complexity index is 360. The summed E-state index contributed by atoms with van der Waals surface area (Å²) >= 11 is 0. The fourth-order valence-corrected chi connectivity index (χ4v) is 2.76. The minimum Gasteiger partial charge on any atom is -0.396 e. The van der Waals surface area contributed by atoms with Gasteiger partial charge in [0, 0.05) is 26.2 Å². The number of aryl methyl sites for hydroxylation is 2. The third-order valence-corrected chi connectivity index (χ3v) is 3.68. The molecule has 0 amide bonds. The van der Waals surface area contributed by atoms with Crippen LogP contribution in [0.1, 0.15) is 37.1 Å². The van der Waals surface area contributed by atoms with Crippen molar-refractivity contribution in [1.82, 2.24) is 14.7 Å². The van der Waals surface area contributed by atoms with Gasteiger partial charge in [-0.3, -0.25) is 9.58 Å². The molecule has 1 aliphatic heterocycles. The van der Waals surface area contributed by atoms with Crippen LogP contribution in [0.3, 0.4) is 0 Å². The first-order chi connectivity index (χ1) is 8.20. The van der Waals surface area contributed by atoms with E-state index in [1.165, 1.54) is 25.0 Å². The Morgan fingerprint density at radius 3 is 2.94 bits per heavy atom. The highest BCUT2D eigenvalue weighted by molar-refractivity contribution is 5.08. The number of likely N-dealkylation sites (tertiary alicyclic amines) is 1. The Labute approximate surface area is 103 Å². The first-order valence-corrected chi connectivity index (χ1v) is 6.55. The fraction of sp³-hybridized carbons (Fsp3) is 0.769. The first-order valence-electron chi connectivity index (χ1n) is 6.55. The smallest absolute Gasteiger partial charge is 0.0597 e. The molecule has 1 saturated heterocycles. The van der Waals surface area contributed by atoms with Crippen molar-refractivity contribution in [1.29, 1.82) is 0 Å². The SMILES string of the molecule is Cc1cc(CN2CCCCC2CCO)n(C)n1. The summed E-state index contributed by atoms with van der Waals surface area (Å²) in [5.74, 6) is 0. The van der Waals surface area contributed by atoms with Gasteiger partial charge >= 0.3 is 0 Å². The maximum atomic E-state index is 9.12. The van der Waals surface area contributed by atoms with Gasteiger partial charge in [0.2, 0.25) is 0 Å². The molecule has 0 aromatic carbocycles. The molecule has 1 N–H and O–H groups in total. The number of hydrogen-bond acceptors (Lipinski definition) is 3. The van der Waals surface area contributed by atoms with Crippen molar-refractivity contribution in [3.8, 4) is 0 Å². The molecule has 1 unspecified atom stereocenters. The molecule has 4 heteroatoms. The highest BCUT2D eigenvalue weighted by atomic mass is 16.3. The predicted octanol–water partition coefficient (Wildman–Crippen LogP) is 1.47. The van der Waals surface area contributed by atoms with E-state index in [2.05, 4.69) is 16.1 Å². The minimum atomic E-state index is 0.297. The molecular formula is C13H23N3O. The average molecular weight is 237 g/mol. The maximum Gasteiger partial charge on any atom is 0.0597 e. The topological polar surface area (TPSA) is 41.3 Å². The number of piperidine rings is 1. The molecule has 0 bridgehead atoms. The summed E-state index contributed by atoms with van der Waals surface area (Å²) in [6.45, 7) is 4.44. The second kappa shape index (κ2) is 5.65. The van der Waals surface area contributed by atoms with E-state index in [-0.39, 0.29) is 0 Å². The van der Waals surface area contributed by atoms with Gasteiger partial charge in [-0.05, 0) is 38.8 Å². The van der Waals surface area contributed by atoms with E-state index in [1.807, 2.05) is 18.7 Å². The molecule has 0 aliphatic carbocycles.